The number of aliphatic hydroxyl groups is 3. The molecule has 4 aliphatic carbocycles. The molecule has 8 atom stereocenters. The van der Waals surface area contributed by atoms with Crippen LogP contribution in [0.15, 0.2) is 23.8 Å². The largest absolute Gasteiger partial charge is 0.390 e. The maximum Gasteiger partial charge on any atom is 0.190 e. The number of aliphatic hydroxyl groups excluding tert-OH is 2. The van der Waals surface area contributed by atoms with Gasteiger partial charge < -0.3 is 15.3 Å². The highest BCUT2D eigenvalue weighted by Gasteiger charge is 2.79. The molecule has 0 saturated heterocycles. The van der Waals surface area contributed by atoms with E-state index in [0.29, 0.717) is 24.8 Å². The average molecular weight is 406 g/mol. The molecule has 0 aromatic carbocycles. The number of ketones is 2. The molecule has 3 N–H and O–H groups in total. The summed E-state index contributed by atoms with van der Waals surface area (Å²) in [7, 11) is 0. The van der Waals surface area contributed by atoms with Gasteiger partial charge in [0.15, 0.2) is 17.2 Å². The highest BCUT2D eigenvalue weighted by molar-refractivity contribution is 6.01. The summed E-state index contributed by atoms with van der Waals surface area (Å²) in [6.45, 7) is 6.41. The second kappa shape index (κ2) is 5.86. The van der Waals surface area contributed by atoms with Crippen LogP contribution in [0.2, 0.25) is 0 Å². The molecule has 3 fully saturated rings. The fourth-order valence-corrected chi connectivity index (χ4v) is 7.81. The maximum atomic E-state index is 17.1. The predicted octanol–water partition coefficient (Wildman–Crippen LogP) is 2.29. The molecule has 6 heteroatoms. The molecular formula is C23H31FO5. The lowest BCUT2D eigenvalue weighted by molar-refractivity contribution is -0.247. The molecule has 4 rings (SSSR count). The smallest absolute Gasteiger partial charge is 0.190 e. The number of rotatable bonds is 2. The number of Topliss-reactive ketones (excluding diaryl/α,β-unsaturated/α-hetero) is 1. The molecule has 0 spiro atoms. The molecule has 0 aromatic heterocycles. The van der Waals surface area contributed by atoms with Crippen LogP contribution in [0.5, 0.6) is 0 Å². The Morgan fingerprint density at radius 1 is 1.28 bits per heavy atom. The normalized spacial score (nSPS) is 53.7. The Morgan fingerprint density at radius 3 is 2.55 bits per heavy atom. The van der Waals surface area contributed by atoms with Crippen molar-refractivity contribution in [3.8, 4) is 0 Å². The van der Waals surface area contributed by atoms with Crippen LogP contribution in [0.25, 0.3) is 0 Å². The summed E-state index contributed by atoms with van der Waals surface area (Å²) >= 11 is 0. The van der Waals surface area contributed by atoms with E-state index in [1.54, 1.807) is 26.8 Å². The summed E-state index contributed by atoms with van der Waals surface area (Å²) in [6, 6.07) is 0. The lowest BCUT2D eigenvalue weighted by Gasteiger charge is -2.66. The highest BCUT2D eigenvalue weighted by Crippen LogP contribution is 2.75. The SMILES string of the molecule is C[C@@H]1C[C@@]2(C)[C@@H]3CCC4=CC(=O)C=C[C@]4(C)[C@@]3(F)[C@@H](O)C[C@]2(C)[C@@]1(O)C(=O)CO. The standard InChI is InChI=1S/C23H31FO5/c1-13-10-20(3)16-6-5-14-9-15(26)7-8-19(14,2)22(16,24)17(27)11-21(20,4)23(13,29)18(28)12-25/h7-9,13,16-17,25,27,29H,5-6,10-12H2,1-4H3/t13-,16+,17+,19+,20+,21+,22+,23+/m1/s1. The molecule has 29 heavy (non-hydrogen) atoms. The number of hydrogen-bond donors (Lipinski definition) is 3. The topological polar surface area (TPSA) is 94.8 Å². The van der Waals surface area contributed by atoms with Gasteiger partial charge in [0.05, 0.1) is 6.10 Å². The van der Waals surface area contributed by atoms with Gasteiger partial charge in [-0.15, -0.1) is 0 Å². The van der Waals surface area contributed by atoms with E-state index in [0.717, 1.165) is 0 Å². The number of alkyl halides is 1. The van der Waals surface area contributed by atoms with E-state index in [1.807, 2.05) is 6.92 Å². The summed E-state index contributed by atoms with van der Waals surface area (Å²) in [4.78, 5) is 24.6. The molecule has 0 amide bonds. The van der Waals surface area contributed by atoms with Crippen molar-refractivity contribution in [1.82, 2.24) is 0 Å². The first-order valence-electron chi connectivity index (χ1n) is 10.5. The Bertz CT molecular complexity index is 850. The van der Waals surface area contributed by atoms with Crippen LogP contribution in [0.1, 0.15) is 53.4 Å². The first kappa shape index (κ1) is 20.9. The minimum atomic E-state index is -2.02. The summed E-state index contributed by atoms with van der Waals surface area (Å²) in [5.74, 6) is -1.91. The zero-order valence-corrected chi connectivity index (χ0v) is 17.5. The van der Waals surface area contributed by atoms with Crippen LogP contribution in [0.4, 0.5) is 4.39 Å². The summed E-state index contributed by atoms with van der Waals surface area (Å²) in [5, 5.41) is 32.3. The van der Waals surface area contributed by atoms with Crippen LogP contribution in [-0.2, 0) is 9.59 Å². The predicted molar refractivity (Wildman–Crippen MR) is 105 cm³/mol. The van der Waals surface area contributed by atoms with Gasteiger partial charge in [0, 0.05) is 16.7 Å². The van der Waals surface area contributed by atoms with Crippen molar-refractivity contribution in [2.45, 2.75) is 70.8 Å². The van der Waals surface area contributed by atoms with Gasteiger partial charge in [0.1, 0.15) is 12.2 Å². The van der Waals surface area contributed by atoms with Crippen LogP contribution < -0.4 is 0 Å². The summed E-state index contributed by atoms with van der Waals surface area (Å²) < 4.78 is 17.1. The number of halogens is 1. The molecule has 4 aliphatic rings. The zero-order chi connectivity index (χ0) is 21.6. The Balaban J connectivity index is 1.90. The fourth-order valence-electron chi connectivity index (χ4n) is 7.81. The van der Waals surface area contributed by atoms with E-state index in [4.69, 9.17) is 0 Å². The Kier molecular flexibility index (Phi) is 4.22. The monoisotopic (exact) mass is 406 g/mol. The van der Waals surface area contributed by atoms with Crippen molar-refractivity contribution in [3.63, 3.8) is 0 Å². The fraction of sp³-hybridized carbons (Fsp3) is 0.739. The van der Waals surface area contributed by atoms with Gasteiger partial charge in [-0.05, 0) is 56.1 Å². The van der Waals surface area contributed by atoms with Crippen molar-refractivity contribution in [2.75, 3.05) is 6.61 Å². The highest BCUT2D eigenvalue weighted by atomic mass is 19.1. The minimum Gasteiger partial charge on any atom is -0.390 e. The van der Waals surface area contributed by atoms with Crippen LogP contribution in [-0.4, -0.2) is 50.9 Å². The van der Waals surface area contributed by atoms with Crippen molar-refractivity contribution in [1.29, 1.82) is 0 Å². The van der Waals surface area contributed by atoms with Crippen molar-refractivity contribution in [3.05, 3.63) is 23.8 Å². The quantitative estimate of drug-likeness (QED) is 0.654. The van der Waals surface area contributed by atoms with Gasteiger partial charge in [0.25, 0.3) is 0 Å². The van der Waals surface area contributed by atoms with Gasteiger partial charge in [0.2, 0.25) is 0 Å². The van der Waals surface area contributed by atoms with E-state index in [1.165, 1.54) is 12.2 Å². The lowest BCUT2D eigenvalue weighted by atomic mass is 9.40. The molecule has 160 valence electrons. The van der Waals surface area contributed by atoms with E-state index in [-0.39, 0.29) is 12.2 Å². The van der Waals surface area contributed by atoms with Gasteiger partial charge in [-0.2, -0.15) is 0 Å². The van der Waals surface area contributed by atoms with Crippen molar-refractivity contribution in [2.24, 2.45) is 28.1 Å². The van der Waals surface area contributed by atoms with Crippen molar-refractivity contribution < 1.29 is 29.3 Å². The van der Waals surface area contributed by atoms with E-state index >= 15 is 4.39 Å². The zero-order valence-electron chi connectivity index (χ0n) is 17.5. The molecular weight excluding hydrogens is 375 g/mol. The second-order valence-electron chi connectivity index (χ2n) is 10.4. The second-order valence-corrected chi connectivity index (χ2v) is 10.4. The number of allylic oxidation sites excluding steroid dienone is 4. The number of fused-ring (bicyclic) bond motifs is 5. The molecule has 0 radical (unpaired) electrons. The molecule has 0 heterocycles. The van der Waals surface area contributed by atoms with Gasteiger partial charge >= 0.3 is 0 Å². The molecule has 0 aromatic rings. The van der Waals surface area contributed by atoms with Crippen molar-refractivity contribution >= 4 is 11.6 Å². The third kappa shape index (κ3) is 2.06. The first-order valence-corrected chi connectivity index (χ1v) is 10.5. The van der Waals surface area contributed by atoms with Gasteiger partial charge in [-0.3, -0.25) is 9.59 Å². The molecule has 0 aliphatic heterocycles. The molecule has 5 nitrogen and oxygen atoms in total. The molecule has 0 unspecified atom stereocenters. The minimum absolute atomic E-state index is 0.0895. The van der Waals surface area contributed by atoms with Gasteiger partial charge in [-0.25, -0.2) is 4.39 Å². The van der Waals surface area contributed by atoms with E-state index < -0.39 is 57.8 Å². The Labute approximate surface area is 170 Å². The first-order chi connectivity index (χ1) is 13.3. The summed E-state index contributed by atoms with van der Waals surface area (Å²) in [6.07, 6.45) is 4.33. The third-order valence-electron chi connectivity index (χ3n) is 9.54. The summed E-state index contributed by atoms with van der Waals surface area (Å²) in [5.41, 5.74) is -6.10. The van der Waals surface area contributed by atoms with Crippen LogP contribution >= 0.6 is 0 Å². The van der Waals surface area contributed by atoms with E-state index in [2.05, 4.69) is 0 Å². The van der Waals surface area contributed by atoms with E-state index in [9.17, 15) is 24.9 Å². The maximum absolute atomic E-state index is 17.1. The number of carbonyl (C=O) groups excluding carboxylic acids is 2. The van der Waals surface area contributed by atoms with Crippen LogP contribution in [0.3, 0.4) is 0 Å². The van der Waals surface area contributed by atoms with Crippen LogP contribution in [0, 0.1) is 28.1 Å². The Morgan fingerprint density at radius 2 is 1.93 bits per heavy atom. The third-order valence-corrected chi connectivity index (χ3v) is 9.54. The number of hydrogen-bond acceptors (Lipinski definition) is 5. The molecule has 3 saturated carbocycles. The molecule has 0 bridgehead atoms. The Hall–Kier alpha value is -1.37. The lowest BCUT2D eigenvalue weighted by Crippen LogP contribution is -2.72. The van der Waals surface area contributed by atoms with Gasteiger partial charge in [-0.1, -0.05) is 32.4 Å². The average Bonchev–Trinajstić information content (AvgIpc) is 2.81. The number of carbonyl (C=O) groups is 2.